The van der Waals surface area contributed by atoms with Crippen LogP contribution in [0.2, 0.25) is 0 Å². The Balaban J connectivity index is 2.52. The molecule has 0 aliphatic carbocycles. The molecule has 100 valence electrons. The standard InChI is InChI=1S/C16H20N2O/c1-5-9-18-12(3)16(11(2)17-18)15-8-6-7-14(10-15)13(4)19/h6-8,10H,5,9H2,1-4H3. The van der Waals surface area contributed by atoms with Gasteiger partial charge in [-0.2, -0.15) is 5.10 Å². The third kappa shape index (κ3) is 2.60. The summed E-state index contributed by atoms with van der Waals surface area (Å²) in [6.45, 7) is 8.78. The van der Waals surface area contributed by atoms with E-state index >= 15 is 0 Å². The first-order valence-corrected chi connectivity index (χ1v) is 6.70. The van der Waals surface area contributed by atoms with Gasteiger partial charge in [0.2, 0.25) is 0 Å². The lowest BCUT2D eigenvalue weighted by Crippen LogP contribution is -2.01. The molecule has 0 radical (unpaired) electrons. The molecule has 0 fully saturated rings. The van der Waals surface area contributed by atoms with Crippen LogP contribution in [0, 0.1) is 13.8 Å². The van der Waals surface area contributed by atoms with E-state index < -0.39 is 0 Å². The number of ketones is 1. The van der Waals surface area contributed by atoms with Gasteiger partial charge in [-0.05, 0) is 38.8 Å². The second kappa shape index (κ2) is 5.39. The molecule has 0 amide bonds. The van der Waals surface area contributed by atoms with Crippen LogP contribution in [-0.4, -0.2) is 15.6 Å². The van der Waals surface area contributed by atoms with Gasteiger partial charge in [-0.1, -0.05) is 25.1 Å². The minimum Gasteiger partial charge on any atom is -0.295 e. The zero-order valence-corrected chi connectivity index (χ0v) is 12.0. The Bertz CT molecular complexity index is 611. The molecule has 0 saturated carbocycles. The van der Waals surface area contributed by atoms with Gasteiger partial charge in [0.25, 0.3) is 0 Å². The van der Waals surface area contributed by atoms with Crippen LogP contribution in [-0.2, 0) is 6.54 Å². The molecule has 19 heavy (non-hydrogen) atoms. The maximum atomic E-state index is 11.5. The highest BCUT2D eigenvalue weighted by atomic mass is 16.1. The van der Waals surface area contributed by atoms with Crippen LogP contribution in [0.3, 0.4) is 0 Å². The molecule has 1 aromatic heterocycles. The minimum absolute atomic E-state index is 0.0955. The van der Waals surface area contributed by atoms with Crippen LogP contribution in [0.25, 0.3) is 11.1 Å². The molecule has 3 heteroatoms. The normalized spacial score (nSPS) is 10.7. The van der Waals surface area contributed by atoms with Gasteiger partial charge in [-0.3, -0.25) is 9.48 Å². The lowest BCUT2D eigenvalue weighted by Gasteiger charge is -2.05. The molecule has 0 spiro atoms. The Hall–Kier alpha value is -1.90. The summed E-state index contributed by atoms with van der Waals surface area (Å²) in [5.41, 5.74) is 5.16. The molecule has 0 saturated heterocycles. The quantitative estimate of drug-likeness (QED) is 0.780. The summed E-state index contributed by atoms with van der Waals surface area (Å²) >= 11 is 0. The fraction of sp³-hybridized carbons (Fsp3) is 0.375. The average Bonchev–Trinajstić information content (AvgIpc) is 2.65. The van der Waals surface area contributed by atoms with Gasteiger partial charge in [-0.25, -0.2) is 0 Å². The second-order valence-corrected chi connectivity index (χ2v) is 4.91. The number of hydrogen-bond donors (Lipinski definition) is 0. The third-order valence-electron chi connectivity index (χ3n) is 3.37. The Kier molecular flexibility index (Phi) is 3.84. The monoisotopic (exact) mass is 256 g/mol. The highest BCUT2D eigenvalue weighted by Gasteiger charge is 2.13. The number of Topliss-reactive ketones (excluding diaryl/α,β-unsaturated/α-hetero) is 1. The third-order valence-corrected chi connectivity index (χ3v) is 3.37. The van der Waals surface area contributed by atoms with E-state index in [9.17, 15) is 4.79 Å². The van der Waals surface area contributed by atoms with E-state index in [1.807, 2.05) is 35.9 Å². The largest absolute Gasteiger partial charge is 0.295 e. The molecule has 0 aliphatic rings. The number of aryl methyl sites for hydroxylation is 2. The molecule has 0 N–H and O–H groups in total. The molecule has 2 rings (SSSR count). The summed E-state index contributed by atoms with van der Waals surface area (Å²) in [4.78, 5) is 11.5. The number of carbonyl (C=O) groups is 1. The Labute approximate surface area is 114 Å². The first-order chi connectivity index (χ1) is 9.04. The Morgan fingerprint density at radius 2 is 2.05 bits per heavy atom. The van der Waals surface area contributed by atoms with Gasteiger partial charge < -0.3 is 0 Å². The van der Waals surface area contributed by atoms with Crippen molar-refractivity contribution in [2.75, 3.05) is 0 Å². The second-order valence-electron chi connectivity index (χ2n) is 4.91. The van der Waals surface area contributed by atoms with Crippen LogP contribution in [0.5, 0.6) is 0 Å². The highest BCUT2D eigenvalue weighted by Crippen LogP contribution is 2.27. The number of hydrogen-bond acceptors (Lipinski definition) is 2. The van der Waals surface area contributed by atoms with Crippen molar-refractivity contribution >= 4 is 5.78 Å². The number of nitrogens with zero attached hydrogens (tertiary/aromatic N) is 2. The van der Waals surface area contributed by atoms with Crippen molar-refractivity contribution in [1.29, 1.82) is 0 Å². The summed E-state index contributed by atoms with van der Waals surface area (Å²) in [6, 6.07) is 7.78. The van der Waals surface area contributed by atoms with Crippen LogP contribution in [0.4, 0.5) is 0 Å². The fourth-order valence-corrected chi connectivity index (χ4v) is 2.44. The van der Waals surface area contributed by atoms with Crippen molar-refractivity contribution in [3.8, 4) is 11.1 Å². The van der Waals surface area contributed by atoms with Crippen molar-refractivity contribution in [3.05, 3.63) is 41.2 Å². The molecule has 0 atom stereocenters. The summed E-state index contributed by atoms with van der Waals surface area (Å²) in [5.74, 6) is 0.0955. The predicted molar refractivity (Wildman–Crippen MR) is 77.4 cm³/mol. The summed E-state index contributed by atoms with van der Waals surface area (Å²) < 4.78 is 2.05. The minimum atomic E-state index is 0.0955. The molecule has 1 heterocycles. The Morgan fingerprint density at radius 3 is 2.68 bits per heavy atom. The molecule has 0 aliphatic heterocycles. The van der Waals surface area contributed by atoms with Gasteiger partial charge in [0.1, 0.15) is 0 Å². The van der Waals surface area contributed by atoms with Gasteiger partial charge in [0, 0.05) is 23.4 Å². The summed E-state index contributed by atoms with van der Waals surface area (Å²) in [6.07, 6.45) is 1.06. The maximum absolute atomic E-state index is 11.5. The first kappa shape index (κ1) is 13.5. The molecule has 1 aromatic carbocycles. The number of benzene rings is 1. The van der Waals surface area contributed by atoms with Gasteiger partial charge in [0.05, 0.1) is 5.69 Å². The van der Waals surface area contributed by atoms with E-state index in [1.54, 1.807) is 6.92 Å². The van der Waals surface area contributed by atoms with Crippen LogP contribution >= 0.6 is 0 Å². The topological polar surface area (TPSA) is 34.9 Å². The molecule has 2 aromatic rings. The lowest BCUT2D eigenvalue weighted by atomic mass is 10.0. The zero-order chi connectivity index (χ0) is 14.0. The van der Waals surface area contributed by atoms with E-state index in [1.165, 1.54) is 5.69 Å². The molecule has 3 nitrogen and oxygen atoms in total. The SMILES string of the molecule is CCCn1nc(C)c(-c2cccc(C(C)=O)c2)c1C. The highest BCUT2D eigenvalue weighted by molar-refractivity contribution is 5.95. The van der Waals surface area contributed by atoms with E-state index in [0.717, 1.165) is 35.3 Å². The molecular weight excluding hydrogens is 236 g/mol. The number of carbonyl (C=O) groups excluding carboxylic acids is 1. The van der Waals surface area contributed by atoms with Crippen molar-refractivity contribution in [2.45, 2.75) is 40.7 Å². The van der Waals surface area contributed by atoms with E-state index in [2.05, 4.69) is 18.9 Å². The summed E-state index contributed by atoms with van der Waals surface area (Å²) in [5, 5.41) is 4.58. The molecular formula is C16H20N2O. The summed E-state index contributed by atoms with van der Waals surface area (Å²) in [7, 11) is 0. The van der Waals surface area contributed by atoms with Crippen molar-refractivity contribution in [2.24, 2.45) is 0 Å². The Morgan fingerprint density at radius 1 is 1.32 bits per heavy atom. The van der Waals surface area contributed by atoms with Crippen molar-refractivity contribution in [3.63, 3.8) is 0 Å². The van der Waals surface area contributed by atoms with Crippen LogP contribution in [0.15, 0.2) is 24.3 Å². The number of aromatic nitrogens is 2. The average molecular weight is 256 g/mol. The van der Waals surface area contributed by atoms with E-state index in [4.69, 9.17) is 0 Å². The zero-order valence-electron chi connectivity index (χ0n) is 12.0. The van der Waals surface area contributed by atoms with E-state index in [0.29, 0.717) is 0 Å². The van der Waals surface area contributed by atoms with E-state index in [-0.39, 0.29) is 5.78 Å². The van der Waals surface area contributed by atoms with Crippen molar-refractivity contribution in [1.82, 2.24) is 9.78 Å². The maximum Gasteiger partial charge on any atom is 0.159 e. The van der Waals surface area contributed by atoms with Crippen molar-refractivity contribution < 1.29 is 4.79 Å². The smallest absolute Gasteiger partial charge is 0.159 e. The molecule has 0 unspecified atom stereocenters. The van der Waals surface area contributed by atoms with Crippen LogP contribution < -0.4 is 0 Å². The van der Waals surface area contributed by atoms with Crippen LogP contribution in [0.1, 0.15) is 42.0 Å². The number of rotatable bonds is 4. The lowest BCUT2D eigenvalue weighted by molar-refractivity contribution is 0.101. The van der Waals surface area contributed by atoms with Gasteiger partial charge in [-0.15, -0.1) is 0 Å². The van der Waals surface area contributed by atoms with Gasteiger partial charge >= 0.3 is 0 Å². The van der Waals surface area contributed by atoms with Gasteiger partial charge in [0.15, 0.2) is 5.78 Å². The fourth-order valence-electron chi connectivity index (χ4n) is 2.44. The first-order valence-electron chi connectivity index (χ1n) is 6.70. The predicted octanol–water partition coefficient (Wildman–Crippen LogP) is 3.78. The molecule has 0 bridgehead atoms.